The van der Waals surface area contributed by atoms with Crippen LogP contribution in [0.4, 0.5) is 5.69 Å². The van der Waals surface area contributed by atoms with Crippen molar-refractivity contribution in [1.82, 2.24) is 0 Å². The summed E-state index contributed by atoms with van der Waals surface area (Å²) in [6, 6.07) is 4.90. The van der Waals surface area contributed by atoms with Crippen molar-refractivity contribution >= 4 is 33.0 Å². The van der Waals surface area contributed by atoms with E-state index in [1.807, 2.05) is 6.92 Å². The Balaban J connectivity index is 2.73. The van der Waals surface area contributed by atoms with Crippen molar-refractivity contribution in [3.63, 3.8) is 0 Å². The zero-order valence-corrected chi connectivity index (χ0v) is 14.2. The van der Waals surface area contributed by atoms with E-state index in [1.165, 1.54) is 0 Å². The molecule has 1 rings (SSSR count). The summed E-state index contributed by atoms with van der Waals surface area (Å²) < 4.78 is 22.6. The monoisotopic (exact) mass is 331 g/mol. The van der Waals surface area contributed by atoms with Gasteiger partial charge in [0.1, 0.15) is 0 Å². The van der Waals surface area contributed by atoms with Crippen LogP contribution in [0.1, 0.15) is 38.7 Å². The Kier molecular flexibility index (Phi) is 6.68. The molecule has 0 fully saturated rings. The normalized spacial score (nSPS) is 13.0. The zero-order chi connectivity index (χ0) is 16.0. The Labute approximate surface area is 131 Å². The first-order valence-electron chi connectivity index (χ1n) is 7.00. The summed E-state index contributed by atoms with van der Waals surface area (Å²) in [5.74, 6) is -0.206. The summed E-state index contributed by atoms with van der Waals surface area (Å²) in [5, 5.41) is 3.16. The molecule has 1 atom stereocenters. The highest BCUT2D eigenvalue weighted by Crippen LogP contribution is 2.23. The Morgan fingerprint density at radius 1 is 1.38 bits per heavy atom. The number of hydrogen-bond acceptors (Lipinski definition) is 3. The van der Waals surface area contributed by atoms with Crippen LogP contribution in [0.25, 0.3) is 0 Å². The molecule has 1 N–H and O–H groups in total. The maximum absolute atomic E-state index is 12.0. The van der Waals surface area contributed by atoms with Crippen molar-refractivity contribution in [2.75, 3.05) is 11.6 Å². The first-order valence-corrected chi connectivity index (χ1v) is 9.43. The van der Waals surface area contributed by atoms with E-state index < -0.39 is 9.84 Å². The van der Waals surface area contributed by atoms with E-state index in [9.17, 15) is 13.2 Å². The number of unbranched alkanes of at least 4 members (excludes halogenated alkanes) is 1. The molecule has 0 aliphatic carbocycles. The first-order chi connectivity index (χ1) is 9.73. The van der Waals surface area contributed by atoms with Crippen LogP contribution in [0.5, 0.6) is 0 Å². The van der Waals surface area contributed by atoms with Crippen molar-refractivity contribution in [3.8, 4) is 0 Å². The molecular formula is C15H22ClNO3S. The van der Waals surface area contributed by atoms with Crippen molar-refractivity contribution < 1.29 is 13.2 Å². The topological polar surface area (TPSA) is 63.2 Å². The van der Waals surface area contributed by atoms with Crippen LogP contribution in [-0.4, -0.2) is 20.6 Å². The van der Waals surface area contributed by atoms with Gasteiger partial charge in [0, 0.05) is 22.9 Å². The molecule has 0 saturated heterocycles. The Hall–Kier alpha value is -1.07. The predicted octanol–water partition coefficient (Wildman–Crippen LogP) is 3.65. The molecule has 4 nitrogen and oxygen atoms in total. The van der Waals surface area contributed by atoms with E-state index >= 15 is 0 Å². The van der Waals surface area contributed by atoms with Gasteiger partial charge >= 0.3 is 0 Å². The molecule has 0 saturated carbocycles. The Morgan fingerprint density at radius 2 is 2.05 bits per heavy atom. The molecule has 0 radical (unpaired) electrons. The fraction of sp³-hybridized carbons (Fsp3) is 0.533. The minimum atomic E-state index is -3.13. The first kappa shape index (κ1) is 18.0. The van der Waals surface area contributed by atoms with Crippen LogP contribution < -0.4 is 5.32 Å². The van der Waals surface area contributed by atoms with Gasteiger partial charge in [-0.05, 0) is 24.1 Å². The van der Waals surface area contributed by atoms with Crippen LogP contribution in [0, 0.1) is 5.92 Å². The number of carbonyl (C=O) groups is 1. The molecule has 0 aliphatic rings. The summed E-state index contributed by atoms with van der Waals surface area (Å²) in [6.07, 6.45) is 4.09. The SMILES string of the molecule is CCCCC(C)C(=O)Nc1ccc(CS(C)(=O)=O)c(Cl)c1. The minimum Gasteiger partial charge on any atom is -0.326 e. The van der Waals surface area contributed by atoms with Gasteiger partial charge in [-0.25, -0.2) is 8.42 Å². The molecule has 21 heavy (non-hydrogen) atoms. The highest BCUT2D eigenvalue weighted by atomic mass is 35.5. The van der Waals surface area contributed by atoms with Gasteiger partial charge in [-0.1, -0.05) is 44.4 Å². The molecule has 0 aliphatic heterocycles. The van der Waals surface area contributed by atoms with E-state index in [-0.39, 0.29) is 17.6 Å². The van der Waals surface area contributed by atoms with Gasteiger partial charge in [-0.3, -0.25) is 4.79 Å². The number of benzene rings is 1. The molecule has 0 heterocycles. The predicted molar refractivity (Wildman–Crippen MR) is 87.3 cm³/mol. The third kappa shape index (κ3) is 6.48. The zero-order valence-electron chi connectivity index (χ0n) is 12.6. The molecule has 1 aromatic carbocycles. The van der Waals surface area contributed by atoms with Gasteiger partial charge in [0.25, 0.3) is 0 Å². The third-order valence-corrected chi connectivity index (χ3v) is 4.36. The molecule has 6 heteroatoms. The number of nitrogens with one attached hydrogen (secondary N) is 1. The quantitative estimate of drug-likeness (QED) is 0.829. The van der Waals surface area contributed by atoms with Gasteiger partial charge in [-0.2, -0.15) is 0 Å². The highest BCUT2D eigenvalue weighted by Gasteiger charge is 2.14. The number of sulfone groups is 1. The number of halogens is 1. The molecule has 0 aromatic heterocycles. The van der Waals surface area contributed by atoms with E-state index in [4.69, 9.17) is 11.6 Å². The molecule has 1 amide bonds. The Bertz CT molecular complexity index is 599. The summed E-state index contributed by atoms with van der Waals surface area (Å²) >= 11 is 6.07. The van der Waals surface area contributed by atoms with Crippen LogP contribution in [0.2, 0.25) is 5.02 Å². The summed E-state index contributed by atoms with van der Waals surface area (Å²) in [5.41, 5.74) is 1.13. The molecule has 0 spiro atoms. The number of amides is 1. The molecular weight excluding hydrogens is 310 g/mol. The second-order valence-corrected chi connectivity index (χ2v) is 7.96. The van der Waals surface area contributed by atoms with Gasteiger partial charge in [0.05, 0.1) is 5.75 Å². The second-order valence-electron chi connectivity index (χ2n) is 5.41. The number of hydrogen-bond donors (Lipinski definition) is 1. The molecule has 1 unspecified atom stereocenters. The number of rotatable bonds is 7. The fourth-order valence-corrected chi connectivity index (χ4v) is 3.07. The van der Waals surface area contributed by atoms with Crippen LogP contribution >= 0.6 is 11.6 Å². The lowest BCUT2D eigenvalue weighted by Crippen LogP contribution is -2.20. The van der Waals surface area contributed by atoms with E-state index in [0.29, 0.717) is 16.3 Å². The molecule has 1 aromatic rings. The lowest BCUT2D eigenvalue weighted by Gasteiger charge is -2.12. The van der Waals surface area contributed by atoms with Crippen LogP contribution in [0.15, 0.2) is 18.2 Å². The number of carbonyl (C=O) groups excluding carboxylic acids is 1. The van der Waals surface area contributed by atoms with Crippen LogP contribution in [-0.2, 0) is 20.4 Å². The summed E-state index contributed by atoms with van der Waals surface area (Å²) in [7, 11) is -3.13. The largest absolute Gasteiger partial charge is 0.326 e. The lowest BCUT2D eigenvalue weighted by atomic mass is 10.0. The smallest absolute Gasteiger partial charge is 0.227 e. The van der Waals surface area contributed by atoms with Gasteiger partial charge in [0.2, 0.25) is 5.91 Å². The van der Waals surface area contributed by atoms with E-state index in [2.05, 4.69) is 12.2 Å². The standard InChI is InChI=1S/C15H22ClNO3S/c1-4-5-6-11(2)15(18)17-13-8-7-12(14(16)9-13)10-21(3,19)20/h7-9,11H,4-6,10H2,1-3H3,(H,17,18). The van der Waals surface area contributed by atoms with Crippen molar-refractivity contribution in [2.45, 2.75) is 38.9 Å². The maximum atomic E-state index is 12.0. The average Bonchev–Trinajstić information content (AvgIpc) is 2.37. The maximum Gasteiger partial charge on any atom is 0.227 e. The third-order valence-electron chi connectivity index (χ3n) is 3.18. The van der Waals surface area contributed by atoms with Crippen molar-refractivity contribution in [1.29, 1.82) is 0 Å². The van der Waals surface area contributed by atoms with Crippen molar-refractivity contribution in [3.05, 3.63) is 28.8 Å². The van der Waals surface area contributed by atoms with Crippen molar-refractivity contribution in [2.24, 2.45) is 5.92 Å². The van der Waals surface area contributed by atoms with E-state index in [1.54, 1.807) is 18.2 Å². The van der Waals surface area contributed by atoms with Gasteiger partial charge in [-0.15, -0.1) is 0 Å². The second kappa shape index (κ2) is 7.80. The van der Waals surface area contributed by atoms with Crippen LogP contribution in [0.3, 0.4) is 0 Å². The molecule has 0 bridgehead atoms. The fourth-order valence-electron chi connectivity index (χ4n) is 1.93. The van der Waals surface area contributed by atoms with E-state index in [0.717, 1.165) is 25.5 Å². The molecule has 118 valence electrons. The van der Waals surface area contributed by atoms with Gasteiger partial charge < -0.3 is 5.32 Å². The Morgan fingerprint density at radius 3 is 2.57 bits per heavy atom. The summed E-state index contributed by atoms with van der Waals surface area (Å²) in [4.78, 5) is 12.0. The lowest BCUT2D eigenvalue weighted by molar-refractivity contribution is -0.119. The highest BCUT2D eigenvalue weighted by molar-refractivity contribution is 7.89. The average molecular weight is 332 g/mol. The minimum absolute atomic E-state index is 0.0459. The summed E-state index contributed by atoms with van der Waals surface area (Å²) in [6.45, 7) is 3.98. The number of anilines is 1. The van der Waals surface area contributed by atoms with Gasteiger partial charge in [0.15, 0.2) is 9.84 Å².